The van der Waals surface area contributed by atoms with Crippen molar-refractivity contribution in [3.05, 3.63) is 88.1 Å². The number of sulfone groups is 1. The fourth-order valence-corrected chi connectivity index (χ4v) is 7.21. The molecule has 296 valence electrons. The predicted octanol–water partition coefficient (Wildman–Crippen LogP) is 2.69. The smallest absolute Gasteiger partial charge is 0.397 e. The maximum absolute atomic E-state index is 13.1. The van der Waals surface area contributed by atoms with E-state index in [0.29, 0.717) is 4.68 Å². The monoisotopic (exact) mass is 875 g/mol. The number of nitrogens with one attached hydrogen (secondary N) is 3. The molecule has 0 bridgehead atoms. The summed E-state index contributed by atoms with van der Waals surface area (Å²) in [6, 6.07) is 12.0. The van der Waals surface area contributed by atoms with Crippen LogP contribution < -0.4 is 16.2 Å². The van der Waals surface area contributed by atoms with Gasteiger partial charge in [0, 0.05) is 11.4 Å². The van der Waals surface area contributed by atoms with Crippen molar-refractivity contribution in [3.63, 3.8) is 0 Å². The number of aromatic amines is 1. The van der Waals surface area contributed by atoms with Gasteiger partial charge in [0.2, 0.25) is 17.2 Å². The molecule has 29 heteroatoms. The molecule has 0 saturated carbocycles. The first kappa shape index (κ1) is 41.4. The number of carbonyl (C=O) groups is 1. The molecule has 7 N–H and O–H groups in total. The van der Waals surface area contributed by atoms with Crippen LogP contribution in [0.4, 0.5) is 34.6 Å². The Bertz CT molecular complexity index is 2890. The number of aromatic nitrogens is 5. The SMILES string of the molecule is O=C(O)c1[nH]n(-c2ccc(S(=O)(=O)O)cc2)c(=O)c1N=Nc1ccc(Nc2nc(Cl)nc(Nc3ccc(S(=O)(=O)CCOS(=O)(=O)O)cc3)n2)cc1S(=O)(=O)O. The van der Waals surface area contributed by atoms with Gasteiger partial charge in [-0.05, 0) is 78.3 Å². The van der Waals surface area contributed by atoms with E-state index < -0.39 is 91.2 Å². The van der Waals surface area contributed by atoms with Crippen LogP contribution in [0.15, 0.2) is 96.4 Å². The molecule has 0 unspecified atom stereocenters. The summed E-state index contributed by atoms with van der Waals surface area (Å²) >= 11 is 6.03. The lowest BCUT2D eigenvalue weighted by atomic mass is 10.3. The van der Waals surface area contributed by atoms with Gasteiger partial charge in [-0.15, -0.1) is 10.2 Å². The van der Waals surface area contributed by atoms with Gasteiger partial charge >= 0.3 is 16.4 Å². The van der Waals surface area contributed by atoms with Crippen LogP contribution in [-0.2, 0) is 44.7 Å². The number of rotatable bonds is 15. The number of halogens is 1. The topological polar surface area (TPSA) is 369 Å². The number of carboxylic acids is 1. The Labute approximate surface area is 319 Å². The molecule has 5 aromatic rings. The summed E-state index contributed by atoms with van der Waals surface area (Å²) < 4.78 is 126. The lowest BCUT2D eigenvalue weighted by Gasteiger charge is -2.10. The number of benzene rings is 3. The fourth-order valence-electron chi connectivity index (χ4n) is 4.44. The molecule has 0 aliphatic rings. The zero-order valence-electron chi connectivity index (χ0n) is 27.2. The van der Waals surface area contributed by atoms with Crippen LogP contribution in [0.25, 0.3) is 5.69 Å². The average Bonchev–Trinajstić information content (AvgIpc) is 3.42. The second-order valence-electron chi connectivity index (χ2n) is 10.7. The van der Waals surface area contributed by atoms with Crippen molar-refractivity contribution in [2.75, 3.05) is 23.0 Å². The average molecular weight is 876 g/mol. The van der Waals surface area contributed by atoms with Gasteiger partial charge in [0.05, 0.1) is 27.8 Å². The van der Waals surface area contributed by atoms with Crippen molar-refractivity contribution in [1.82, 2.24) is 24.7 Å². The third-order valence-corrected chi connectivity index (χ3v) is 11.0. The van der Waals surface area contributed by atoms with Crippen LogP contribution >= 0.6 is 11.6 Å². The molecule has 0 spiro atoms. The predicted molar refractivity (Wildman–Crippen MR) is 191 cm³/mol. The summed E-state index contributed by atoms with van der Waals surface area (Å²) in [5, 5.41) is 24.2. The van der Waals surface area contributed by atoms with Crippen LogP contribution in [0.2, 0.25) is 5.28 Å². The Morgan fingerprint density at radius 3 is 1.91 bits per heavy atom. The maximum atomic E-state index is 13.1. The first-order chi connectivity index (χ1) is 26.0. The Kier molecular flexibility index (Phi) is 11.7. The number of H-pyrrole nitrogens is 1. The fraction of sp³-hybridized carbons (Fsp3) is 0.0741. The minimum absolute atomic E-state index is 0.0783. The van der Waals surface area contributed by atoms with E-state index >= 15 is 0 Å². The molecular formula is C27H22ClN9O15S4. The molecule has 3 aromatic carbocycles. The lowest BCUT2D eigenvalue weighted by Crippen LogP contribution is -2.15. The number of hydrogen-bond acceptors (Lipinski definition) is 18. The maximum Gasteiger partial charge on any atom is 0.397 e. The molecule has 2 heterocycles. The molecular weight excluding hydrogens is 854 g/mol. The summed E-state index contributed by atoms with van der Waals surface area (Å²) in [5.74, 6) is -2.91. The number of hydrogen-bond donors (Lipinski definition) is 7. The van der Waals surface area contributed by atoms with Gasteiger partial charge in [-0.2, -0.15) is 40.2 Å². The lowest BCUT2D eigenvalue weighted by molar-refractivity contribution is 0.0690. The molecule has 0 fully saturated rings. The van der Waals surface area contributed by atoms with E-state index in [1.807, 2.05) is 0 Å². The molecule has 0 aliphatic heterocycles. The minimum Gasteiger partial charge on any atom is -0.476 e. The summed E-state index contributed by atoms with van der Waals surface area (Å²) in [7, 11) is -18.5. The third kappa shape index (κ3) is 10.3. The van der Waals surface area contributed by atoms with E-state index in [2.05, 4.69) is 45.1 Å². The summed E-state index contributed by atoms with van der Waals surface area (Å²) in [6.07, 6.45) is 0. The van der Waals surface area contributed by atoms with Crippen LogP contribution in [-0.4, -0.2) is 95.5 Å². The largest absolute Gasteiger partial charge is 0.476 e. The number of nitrogens with zero attached hydrogens (tertiary/aromatic N) is 6. The summed E-state index contributed by atoms with van der Waals surface area (Å²) in [5.41, 5.74) is -3.22. The van der Waals surface area contributed by atoms with Gasteiger partial charge in [-0.3, -0.25) is 23.6 Å². The minimum atomic E-state index is -5.08. The van der Waals surface area contributed by atoms with E-state index in [-0.39, 0.29) is 39.1 Å². The van der Waals surface area contributed by atoms with Gasteiger partial charge in [-0.1, -0.05) is 0 Å². The Morgan fingerprint density at radius 1 is 0.786 bits per heavy atom. The first-order valence-corrected chi connectivity index (χ1v) is 20.9. The molecule has 24 nitrogen and oxygen atoms in total. The third-order valence-electron chi connectivity index (χ3n) is 6.89. The van der Waals surface area contributed by atoms with E-state index in [4.69, 9.17) is 16.2 Å². The van der Waals surface area contributed by atoms with Crippen molar-refractivity contribution < 1.29 is 61.4 Å². The highest BCUT2D eigenvalue weighted by Crippen LogP contribution is 2.31. The van der Waals surface area contributed by atoms with E-state index in [1.54, 1.807) is 0 Å². The van der Waals surface area contributed by atoms with Crippen LogP contribution in [0.5, 0.6) is 0 Å². The number of carboxylic acid groups (broad SMARTS) is 1. The van der Waals surface area contributed by atoms with Crippen LogP contribution in [0.3, 0.4) is 0 Å². The summed E-state index contributed by atoms with van der Waals surface area (Å²) in [6.45, 7) is -0.828. The van der Waals surface area contributed by atoms with Crippen LogP contribution in [0, 0.1) is 0 Å². The van der Waals surface area contributed by atoms with Crippen molar-refractivity contribution in [2.45, 2.75) is 14.7 Å². The number of aromatic carboxylic acids is 1. The standard InChI is InChI=1S/C27H22ClN9O15S4/c28-25-31-26(29-14-1-6-17(7-2-14)53(41,42)12-11-52-56(49,50)51)33-27(32-25)30-15-3-10-19(20(13-15)55(46,47)48)34-35-21-22(24(39)40)36-37(23(21)38)16-4-8-18(9-5-16)54(43,44)45/h1-10,13,36H,11-12H2,(H,39,40)(H,43,44,45)(H,46,47,48)(H,49,50,51)(H2,29,30,31,32,33). The van der Waals surface area contributed by atoms with Gasteiger partial charge in [0.25, 0.3) is 25.8 Å². The first-order valence-electron chi connectivity index (χ1n) is 14.6. The second-order valence-corrected chi connectivity index (χ2v) is 17.1. The highest BCUT2D eigenvalue weighted by Gasteiger charge is 2.23. The number of azo groups is 1. The molecule has 0 radical (unpaired) electrons. The van der Waals surface area contributed by atoms with Crippen molar-refractivity contribution in [2.24, 2.45) is 10.2 Å². The van der Waals surface area contributed by atoms with E-state index in [0.717, 1.165) is 36.4 Å². The van der Waals surface area contributed by atoms with Crippen LogP contribution in [0.1, 0.15) is 10.5 Å². The van der Waals surface area contributed by atoms with Gasteiger partial charge in [0.1, 0.15) is 10.6 Å². The summed E-state index contributed by atoms with van der Waals surface area (Å²) in [4.78, 5) is 35.3. The van der Waals surface area contributed by atoms with Crippen molar-refractivity contribution in [1.29, 1.82) is 0 Å². The Morgan fingerprint density at radius 2 is 1.36 bits per heavy atom. The van der Waals surface area contributed by atoms with Crippen molar-refractivity contribution >= 4 is 92.7 Å². The molecule has 56 heavy (non-hydrogen) atoms. The van der Waals surface area contributed by atoms with E-state index in [1.165, 1.54) is 30.3 Å². The Hall–Kier alpha value is -5.72. The quantitative estimate of drug-likeness (QED) is 0.0587. The molecule has 2 aromatic heterocycles. The zero-order chi connectivity index (χ0) is 41.2. The van der Waals surface area contributed by atoms with E-state index in [9.17, 15) is 57.5 Å². The normalized spacial score (nSPS) is 12.5. The highest BCUT2D eigenvalue weighted by atomic mass is 35.5. The molecule has 0 aliphatic carbocycles. The van der Waals surface area contributed by atoms with Gasteiger partial charge < -0.3 is 15.7 Å². The highest BCUT2D eigenvalue weighted by molar-refractivity contribution is 7.91. The zero-order valence-corrected chi connectivity index (χ0v) is 31.3. The van der Waals surface area contributed by atoms with Crippen molar-refractivity contribution in [3.8, 4) is 5.69 Å². The molecule has 0 amide bonds. The molecule has 0 atom stereocenters. The number of anilines is 4. The Balaban J connectivity index is 1.38. The van der Waals surface area contributed by atoms with Gasteiger partial charge in [0.15, 0.2) is 21.2 Å². The molecule has 0 saturated heterocycles. The second kappa shape index (κ2) is 15.8. The molecule has 5 rings (SSSR count). The van der Waals surface area contributed by atoms with Gasteiger partial charge in [-0.25, -0.2) is 22.1 Å².